The molecule has 0 aliphatic rings. The number of ketones is 1. The lowest BCUT2D eigenvalue weighted by atomic mass is 10.1. The van der Waals surface area contributed by atoms with Gasteiger partial charge < -0.3 is 0 Å². The van der Waals surface area contributed by atoms with Crippen molar-refractivity contribution in [1.29, 1.82) is 0 Å². The van der Waals surface area contributed by atoms with Crippen LogP contribution in [0.25, 0.3) is 6.08 Å². The quantitative estimate of drug-likeness (QED) is 0.626. The molecule has 0 saturated heterocycles. The van der Waals surface area contributed by atoms with Gasteiger partial charge >= 0.3 is 0 Å². The zero-order chi connectivity index (χ0) is 13.1. The third-order valence-corrected chi connectivity index (χ3v) is 3.23. The van der Waals surface area contributed by atoms with Crippen molar-refractivity contribution >= 4 is 23.4 Å². The Labute approximate surface area is 109 Å². The van der Waals surface area contributed by atoms with Crippen LogP contribution in [0.1, 0.15) is 34.4 Å². The number of aromatic nitrogens is 4. The van der Waals surface area contributed by atoms with Crippen LogP contribution >= 0.6 is 11.5 Å². The maximum Gasteiger partial charge on any atom is 0.189 e. The van der Waals surface area contributed by atoms with Gasteiger partial charge in [-0.3, -0.25) is 9.48 Å². The summed E-state index contributed by atoms with van der Waals surface area (Å²) in [4.78, 5) is 12.1. The van der Waals surface area contributed by atoms with Crippen molar-refractivity contribution < 1.29 is 4.79 Å². The van der Waals surface area contributed by atoms with Gasteiger partial charge in [0.25, 0.3) is 0 Å². The fraction of sp³-hybridized carbons (Fsp3) is 0.333. The molecule has 0 radical (unpaired) electrons. The molecule has 18 heavy (non-hydrogen) atoms. The van der Waals surface area contributed by atoms with Crippen LogP contribution < -0.4 is 0 Å². The molecule has 0 aromatic carbocycles. The van der Waals surface area contributed by atoms with Crippen LogP contribution in [0.5, 0.6) is 0 Å². The van der Waals surface area contributed by atoms with Gasteiger partial charge in [0.05, 0.1) is 17.0 Å². The van der Waals surface area contributed by atoms with E-state index < -0.39 is 0 Å². The molecule has 2 aromatic rings. The second kappa shape index (κ2) is 5.22. The van der Waals surface area contributed by atoms with Gasteiger partial charge in [-0.05, 0) is 44.5 Å². The van der Waals surface area contributed by atoms with Crippen LogP contribution in [0.2, 0.25) is 0 Å². The van der Waals surface area contributed by atoms with Crippen molar-refractivity contribution in [3.05, 3.63) is 34.1 Å². The number of hydrogen-bond donors (Lipinski definition) is 0. The molecule has 0 amide bonds. The summed E-state index contributed by atoms with van der Waals surface area (Å²) in [6.45, 7) is 6.53. The van der Waals surface area contributed by atoms with E-state index in [0.29, 0.717) is 11.3 Å². The first-order chi connectivity index (χ1) is 8.63. The van der Waals surface area contributed by atoms with Crippen LogP contribution in [0, 0.1) is 13.8 Å². The number of carbonyl (C=O) groups excluding carboxylic acids is 1. The van der Waals surface area contributed by atoms with Crippen LogP contribution in [0.15, 0.2) is 11.5 Å². The topological polar surface area (TPSA) is 60.7 Å². The fourth-order valence-corrected chi connectivity index (χ4v) is 2.27. The molecule has 0 fully saturated rings. The van der Waals surface area contributed by atoms with Crippen molar-refractivity contribution in [1.82, 2.24) is 19.4 Å². The highest BCUT2D eigenvalue weighted by molar-refractivity contribution is 7.03. The average Bonchev–Trinajstić information content (AvgIpc) is 2.94. The maximum atomic E-state index is 12.1. The van der Waals surface area contributed by atoms with Gasteiger partial charge in [-0.1, -0.05) is 4.49 Å². The Bertz CT molecular complexity index is 583. The van der Waals surface area contributed by atoms with Gasteiger partial charge in [0, 0.05) is 17.6 Å². The molecule has 6 heteroatoms. The van der Waals surface area contributed by atoms with E-state index in [9.17, 15) is 4.79 Å². The van der Waals surface area contributed by atoms with Crippen molar-refractivity contribution in [2.45, 2.75) is 27.3 Å². The molecule has 5 nitrogen and oxygen atoms in total. The second-order valence-electron chi connectivity index (χ2n) is 3.89. The van der Waals surface area contributed by atoms with Gasteiger partial charge in [0.1, 0.15) is 0 Å². The van der Waals surface area contributed by atoms with Gasteiger partial charge in [0.15, 0.2) is 5.78 Å². The van der Waals surface area contributed by atoms with Crippen LogP contribution in [0.4, 0.5) is 0 Å². The largest absolute Gasteiger partial charge is 0.289 e. The van der Waals surface area contributed by atoms with Gasteiger partial charge in [0.2, 0.25) is 0 Å². The first kappa shape index (κ1) is 12.6. The smallest absolute Gasteiger partial charge is 0.189 e. The molecular formula is C12H14N4OS. The number of aryl methyl sites for hydroxylation is 2. The number of allylic oxidation sites excluding steroid dienone is 1. The summed E-state index contributed by atoms with van der Waals surface area (Å²) >= 11 is 1.26. The van der Waals surface area contributed by atoms with E-state index in [2.05, 4.69) is 14.7 Å². The predicted octanol–water partition coefficient (Wildman–Crippen LogP) is 2.27. The van der Waals surface area contributed by atoms with Crippen molar-refractivity contribution in [2.75, 3.05) is 0 Å². The average molecular weight is 262 g/mol. The predicted molar refractivity (Wildman–Crippen MR) is 70.6 cm³/mol. The van der Waals surface area contributed by atoms with Crippen LogP contribution in [-0.2, 0) is 6.54 Å². The molecule has 0 atom stereocenters. The van der Waals surface area contributed by atoms with E-state index in [1.807, 2.05) is 25.5 Å². The lowest BCUT2D eigenvalue weighted by Crippen LogP contribution is -2.01. The highest BCUT2D eigenvalue weighted by Gasteiger charge is 2.15. The zero-order valence-electron chi connectivity index (χ0n) is 10.5. The normalized spacial score (nSPS) is 11.3. The number of hydrogen-bond acceptors (Lipinski definition) is 5. The second-order valence-corrected chi connectivity index (χ2v) is 4.50. The Kier molecular flexibility index (Phi) is 3.66. The molecule has 0 aliphatic heterocycles. The first-order valence-corrected chi connectivity index (χ1v) is 6.50. The molecule has 0 spiro atoms. The highest BCUT2D eigenvalue weighted by Crippen LogP contribution is 2.15. The molecular weight excluding hydrogens is 248 g/mol. The molecule has 0 bridgehead atoms. The minimum absolute atomic E-state index is 0.0438. The molecule has 0 unspecified atom stereocenters. The Balaban J connectivity index is 2.27. The molecule has 2 aromatic heterocycles. The number of rotatable bonds is 4. The lowest BCUT2D eigenvalue weighted by molar-refractivity contribution is 0.104. The first-order valence-electron chi connectivity index (χ1n) is 5.67. The third kappa shape index (κ3) is 2.38. The highest BCUT2D eigenvalue weighted by atomic mass is 32.1. The van der Waals surface area contributed by atoms with E-state index >= 15 is 0 Å². The Hall–Kier alpha value is -1.82. The summed E-state index contributed by atoms with van der Waals surface area (Å²) < 4.78 is 5.57. The third-order valence-electron chi connectivity index (χ3n) is 2.71. The maximum absolute atomic E-state index is 12.1. The Morgan fingerprint density at radius 3 is 2.83 bits per heavy atom. The SMILES string of the molecule is CCn1nc(C)c(C(=O)/C=C/c2csnn2)c1C. The minimum Gasteiger partial charge on any atom is -0.289 e. The summed E-state index contributed by atoms with van der Waals surface area (Å²) in [5, 5.41) is 9.98. The van der Waals surface area contributed by atoms with Gasteiger partial charge in [-0.15, -0.1) is 5.10 Å². The number of carbonyl (C=O) groups is 1. The van der Waals surface area contributed by atoms with E-state index in [-0.39, 0.29) is 5.78 Å². The molecule has 94 valence electrons. The van der Waals surface area contributed by atoms with Crippen molar-refractivity contribution in [3.63, 3.8) is 0 Å². The number of nitrogens with zero attached hydrogens (tertiary/aromatic N) is 4. The molecule has 0 saturated carbocycles. The summed E-state index contributed by atoms with van der Waals surface area (Å²) in [7, 11) is 0. The summed E-state index contributed by atoms with van der Waals surface area (Å²) in [5.41, 5.74) is 3.05. The molecule has 0 aliphatic carbocycles. The minimum atomic E-state index is -0.0438. The Morgan fingerprint density at radius 1 is 1.50 bits per heavy atom. The summed E-state index contributed by atoms with van der Waals surface area (Å²) in [6, 6.07) is 0. The standard InChI is InChI=1S/C12H14N4OS/c1-4-16-9(3)12(8(2)14-16)11(17)6-5-10-7-18-15-13-10/h5-7H,4H2,1-3H3/b6-5+. The zero-order valence-corrected chi connectivity index (χ0v) is 11.4. The van der Waals surface area contributed by atoms with Crippen LogP contribution in [0.3, 0.4) is 0 Å². The molecule has 2 heterocycles. The molecule has 2 rings (SSSR count). The summed E-state index contributed by atoms with van der Waals surface area (Å²) in [5.74, 6) is -0.0438. The van der Waals surface area contributed by atoms with E-state index in [1.165, 1.54) is 17.6 Å². The molecule has 0 N–H and O–H groups in total. The van der Waals surface area contributed by atoms with Gasteiger partial charge in [-0.25, -0.2) is 0 Å². The Morgan fingerprint density at radius 2 is 2.28 bits per heavy atom. The lowest BCUT2D eigenvalue weighted by Gasteiger charge is -1.99. The van der Waals surface area contributed by atoms with Crippen LogP contribution in [-0.4, -0.2) is 25.2 Å². The van der Waals surface area contributed by atoms with Crippen molar-refractivity contribution in [3.8, 4) is 0 Å². The van der Waals surface area contributed by atoms with E-state index in [4.69, 9.17) is 0 Å². The van der Waals surface area contributed by atoms with E-state index in [1.54, 1.807) is 11.5 Å². The fourth-order valence-electron chi connectivity index (χ4n) is 1.85. The van der Waals surface area contributed by atoms with E-state index in [0.717, 1.165) is 17.9 Å². The van der Waals surface area contributed by atoms with Crippen molar-refractivity contribution in [2.24, 2.45) is 0 Å². The monoisotopic (exact) mass is 262 g/mol. The summed E-state index contributed by atoms with van der Waals surface area (Å²) in [6.07, 6.45) is 3.20. The van der Waals surface area contributed by atoms with Gasteiger partial charge in [-0.2, -0.15) is 5.10 Å².